The molecule has 1 atom stereocenters. The molecule has 0 aromatic rings. The summed E-state index contributed by atoms with van der Waals surface area (Å²) in [4.78, 5) is 28.3. The van der Waals surface area contributed by atoms with Gasteiger partial charge in [0.1, 0.15) is 0 Å². The molecule has 0 radical (unpaired) electrons. The summed E-state index contributed by atoms with van der Waals surface area (Å²) in [5, 5.41) is 6.05. The highest BCUT2D eigenvalue weighted by molar-refractivity contribution is 5.85. The molecule has 2 rings (SSSR count). The number of nitrogens with one attached hydrogen (secondary N) is 2. The van der Waals surface area contributed by atoms with Crippen molar-refractivity contribution in [3.63, 3.8) is 0 Å². The largest absolute Gasteiger partial charge is 0.352 e. The molecule has 2 heterocycles. The van der Waals surface area contributed by atoms with E-state index in [0.29, 0.717) is 26.2 Å². The van der Waals surface area contributed by atoms with E-state index in [0.717, 1.165) is 32.6 Å². The lowest BCUT2D eigenvalue weighted by Gasteiger charge is -2.38. The van der Waals surface area contributed by atoms with E-state index >= 15 is 0 Å². The molecule has 23 heavy (non-hydrogen) atoms. The van der Waals surface area contributed by atoms with Gasteiger partial charge in [0.25, 0.3) is 0 Å². The van der Waals surface area contributed by atoms with Gasteiger partial charge in [0.05, 0.1) is 12.0 Å². The summed E-state index contributed by atoms with van der Waals surface area (Å²) in [6.07, 6.45) is 2.58. The second kappa shape index (κ2) is 10.1. The maximum atomic E-state index is 12.6. The molecule has 0 spiro atoms. The van der Waals surface area contributed by atoms with E-state index in [9.17, 15) is 9.59 Å². The average molecular weight is 367 g/mol. The Morgan fingerprint density at radius 3 is 2.43 bits per heavy atom. The number of rotatable bonds is 5. The molecule has 134 valence electrons. The highest BCUT2D eigenvalue weighted by Crippen LogP contribution is 2.27. The van der Waals surface area contributed by atoms with Crippen molar-refractivity contribution in [2.45, 2.75) is 13.3 Å². The number of nitrogens with zero attached hydrogens (tertiary/aromatic N) is 2. The van der Waals surface area contributed by atoms with Gasteiger partial charge < -0.3 is 15.5 Å². The standard InChI is InChI=1S/C15H26N4O2.2ClH/c1-3-5-17-13(20)11-18-7-9-19(10-8-18)14(21)15(2)4-6-16-12-15;;/h3,16H,1,4-12H2,2H3,(H,17,20);2*1H. The Hall–Kier alpha value is -0.820. The molecule has 2 N–H and O–H groups in total. The molecule has 0 saturated carbocycles. The van der Waals surface area contributed by atoms with E-state index in [1.807, 2.05) is 11.8 Å². The maximum Gasteiger partial charge on any atom is 0.234 e. The van der Waals surface area contributed by atoms with Crippen LogP contribution in [0.15, 0.2) is 12.7 Å². The van der Waals surface area contributed by atoms with Gasteiger partial charge in [-0.05, 0) is 19.9 Å². The molecule has 0 aromatic heterocycles. The Morgan fingerprint density at radius 1 is 1.26 bits per heavy atom. The summed E-state index contributed by atoms with van der Waals surface area (Å²) in [7, 11) is 0. The minimum Gasteiger partial charge on any atom is -0.352 e. The minimum absolute atomic E-state index is 0. The number of hydrogen-bond donors (Lipinski definition) is 2. The second-order valence-electron chi connectivity index (χ2n) is 6.15. The van der Waals surface area contributed by atoms with E-state index in [2.05, 4.69) is 22.1 Å². The zero-order chi connectivity index (χ0) is 15.3. The van der Waals surface area contributed by atoms with Crippen molar-refractivity contribution in [2.75, 3.05) is 52.4 Å². The Kier molecular flexibility index (Phi) is 9.77. The van der Waals surface area contributed by atoms with Gasteiger partial charge in [-0.15, -0.1) is 31.4 Å². The minimum atomic E-state index is -0.247. The van der Waals surface area contributed by atoms with Crippen LogP contribution in [0.3, 0.4) is 0 Å². The molecule has 2 aliphatic rings. The van der Waals surface area contributed by atoms with Gasteiger partial charge in [0.2, 0.25) is 11.8 Å². The van der Waals surface area contributed by atoms with Crippen LogP contribution in [0.4, 0.5) is 0 Å². The van der Waals surface area contributed by atoms with Gasteiger partial charge in [0, 0.05) is 39.3 Å². The van der Waals surface area contributed by atoms with Crippen molar-refractivity contribution in [3.8, 4) is 0 Å². The van der Waals surface area contributed by atoms with E-state index in [1.54, 1.807) is 6.08 Å². The summed E-state index contributed by atoms with van der Waals surface area (Å²) in [5.41, 5.74) is -0.247. The lowest BCUT2D eigenvalue weighted by molar-refractivity contribution is -0.142. The number of amides is 2. The van der Waals surface area contributed by atoms with Crippen LogP contribution in [0.1, 0.15) is 13.3 Å². The fourth-order valence-corrected chi connectivity index (χ4v) is 2.94. The predicted octanol–water partition coefficient (Wildman–Crippen LogP) is 0.276. The van der Waals surface area contributed by atoms with Crippen molar-refractivity contribution in [1.29, 1.82) is 0 Å². The Morgan fingerprint density at radius 2 is 1.91 bits per heavy atom. The van der Waals surface area contributed by atoms with Gasteiger partial charge in [0.15, 0.2) is 0 Å². The second-order valence-corrected chi connectivity index (χ2v) is 6.15. The molecule has 1 unspecified atom stereocenters. The van der Waals surface area contributed by atoms with Gasteiger partial charge in [-0.1, -0.05) is 6.08 Å². The van der Waals surface area contributed by atoms with Crippen molar-refractivity contribution in [2.24, 2.45) is 5.41 Å². The Balaban J connectivity index is 0.00000242. The molecule has 8 heteroatoms. The highest BCUT2D eigenvalue weighted by Gasteiger charge is 2.39. The van der Waals surface area contributed by atoms with Crippen molar-refractivity contribution < 1.29 is 9.59 Å². The van der Waals surface area contributed by atoms with Crippen LogP contribution < -0.4 is 10.6 Å². The molecule has 2 aliphatic heterocycles. The van der Waals surface area contributed by atoms with Crippen molar-refractivity contribution >= 4 is 36.6 Å². The first-order valence-corrected chi connectivity index (χ1v) is 7.65. The number of halogens is 2. The van der Waals surface area contributed by atoms with Crippen molar-refractivity contribution in [1.82, 2.24) is 20.4 Å². The van der Waals surface area contributed by atoms with Gasteiger partial charge >= 0.3 is 0 Å². The van der Waals surface area contributed by atoms with Crippen LogP contribution in [0.2, 0.25) is 0 Å². The molecule has 0 bridgehead atoms. The fraction of sp³-hybridized carbons (Fsp3) is 0.733. The molecular formula is C15H28Cl2N4O2. The quantitative estimate of drug-likeness (QED) is 0.685. The first-order chi connectivity index (χ1) is 10.0. The highest BCUT2D eigenvalue weighted by atomic mass is 35.5. The smallest absolute Gasteiger partial charge is 0.234 e. The number of carbonyl (C=O) groups excluding carboxylic acids is 2. The monoisotopic (exact) mass is 366 g/mol. The molecule has 2 saturated heterocycles. The topological polar surface area (TPSA) is 64.7 Å². The molecule has 2 amide bonds. The summed E-state index contributed by atoms with van der Waals surface area (Å²) in [5.74, 6) is 0.268. The Bertz CT molecular complexity index is 406. The lowest BCUT2D eigenvalue weighted by atomic mass is 9.88. The van der Waals surface area contributed by atoms with Gasteiger partial charge in [-0.25, -0.2) is 0 Å². The summed E-state index contributed by atoms with van der Waals surface area (Å²) >= 11 is 0. The average Bonchev–Trinajstić information content (AvgIpc) is 2.93. The van der Waals surface area contributed by atoms with E-state index < -0.39 is 0 Å². The van der Waals surface area contributed by atoms with Crippen LogP contribution in [0.25, 0.3) is 0 Å². The molecule has 2 fully saturated rings. The number of carbonyl (C=O) groups is 2. The maximum absolute atomic E-state index is 12.6. The van der Waals surface area contributed by atoms with Gasteiger partial charge in [-0.2, -0.15) is 0 Å². The predicted molar refractivity (Wildman–Crippen MR) is 96.3 cm³/mol. The fourth-order valence-electron chi connectivity index (χ4n) is 2.94. The molecular weight excluding hydrogens is 339 g/mol. The van der Waals surface area contributed by atoms with E-state index in [4.69, 9.17) is 0 Å². The summed E-state index contributed by atoms with van der Waals surface area (Å²) in [6, 6.07) is 0. The van der Waals surface area contributed by atoms with Crippen molar-refractivity contribution in [3.05, 3.63) is 12.7 Å². The zero-order valence-corrected chi connectivity index (χ0v) is 15.3. The first kappa shape index (κ1) is 22.2. The zero-order valence-electron chi connectivity index (χ0n) is 13.7. The normalized spacial score (nSPS) is 24.3. The SMILES string of the molecule is C=CCNC(=O)CN1CCN(C(=O)C2(C)CCNC2)CC1.Cl.Cl. The third-order valence-electron chi connectivity index (χ3n) is 4.36. The van der Waals surface area contributed by atoms with Crippen LogP contribution in [-0.4, -0.2) is 74.0 Å². The first-order valence-electron chi connectivity index (χ1n) is 7.65. The third-order valence-corrected chi connectivity index (χ3v) is 4.36. The summed E-state index contributed by atoms with van der Waals surface area (Å²) < 4.78 is 0. The van der Waals surface area contributed by atoms with Crippen LogP contribution in [0.5, 0.6) is 0 Å². The number of piperazine rings is 1. The third kappa shape index (κ3) is 5.95. The van der Waals surface area contributed by atoms with E-state index in [-0.39, 0.29) is 42.0 Å². The number of hydrogen-bond acceptors (Lipinski definition) is 4. The van der Waals surface area contributed by atoms with Crippen LogP contribution in [0, 0.1) is 5.41 Å². The molecule has 6 nitrogen and oxygen atoms in total. The van der Waals surface area contributed by atoms with E-state index in [1.165, 1.54) is 0 Å². The van der Waals surface area contributed by atoms with Crippen LogP contribution >= 0.6 is 24.8 Å². The lowest BCUT2D eigenvalue weighted by Crippen LogP contribution is -2.54. The molecule has 0 aromatic carbocycles. The van der Waals surface area contributed by atoms with Gasteiger partial charge in [-0.3, -0.25) is 14.5 Å². The van der Waals surface area contributed by atoms with Crippen LogP contribution in [-0.2, 0) is 9.59 Å². The summed E-state index contributed by atoms with van der Waals surface area (Å²) in [6.45, 7) is 11.2. The molecule has 0 aliphatic carbocycles. The Labute approximate surface area is 150 Å².